The number of nitrogens with zero attached hydrogens (tertiary/aromatic N) is 4. The molecule has 0 aliphatic heterocycles. The SMILES string of the molecule is Cc1cc(Cl)nc(Cn2cnc3ccccc32)n1. The first-order chi connectivity index (χ1) is 8.72. The zero-order valence-corrected chi connectivity index (χ0v) is 10.6. The van der Waals surface area contributed by atoms with Crippen LogP contribution < -0.4 is 0 Å². The van der Waals surface area contributed by atoms with Crippen molar-refractivity contribution < 1.29 is 0 Å². The molecule has 2 heterocycles. The lowest BCUT2D eigenvalue weighted by Gasteiger charge is -2.04. The van der Waals surface area contributed by atoms with Crippen LogP contribution in [0.1, 0.15) is 11.5 Å². The maximum atomic E-state index is 5.93. The molecule has 0 spiro atoms. The Morgan fingerprint density at radius 3 is 2.89 bits per heavy atom. The van der Waals surface area contributed by atoms with E-state index in [4.69, 9.17) is 11.6 Å². The number of imidazole rings is 1. The first-order valence-electron chi connectivity index (χ1n) is 5.62. The van der Waals surface area contributed by atoms with Crippen LogP contribution in [0.15, 0.2) is 36.7 Å². The van der Waals surface area contributed by atoms with Crippen molar-refractivity contribution in [2.75, 3.05) is 0 Å². The van der Waals surface area contributed by atoms with E-state index in [2.05, 4.69) is 15.0 Å². The van der Waals surface area contributed by atoms with E-state index in [-0.39, 0.29) is 0 Å². The third-order valence-corrected chi connectivity index (χ3v) is 2.90. The minimum absolute atomic E-state index is 0.474. The molecular weight excluding hydrogens is 248 g/mol. The Morgan fingerprint density at radius 2 is 2.06 bits per heavy atom. The summed E-state index contributed by atoms with van der Waals surface area (Å²) in [5.74, 6) is 0.697. The maximum absolute atomic E-state index is 5.93. The highest BCUT2D eigenvalue weighted by Crippen LogP contribution is 2.14. The van der Waals surface area contributed by atoms with Gasteiger partial charge in [-0.05, 0) is 25.1 Å². The standard InChI is InChI=1S/C13H11ClN4/c1-9-6-12(14)17-13(16-9)7-18-8-15-10-4-2-3-5-11(10)18/h2-6,8H,7H2,1H3. The fraction of sp³-hybridized carbons (Fsp3) is 0.154. The summed E-state index contributed by atoms with van der Waals surface area (Å²) in [5, 5.41) is 0.474. The van der Waals surface area contributed by atoms with Crippen LogP contribution >= 0.6 is 11.6 Å². The normalized spacial score (nSPS) is 11.0. The molecule has 0 aliphatic carbocycles. The van der Waals surface area contributed by atoms with Crippen LogP contribution in [-0.2, 0) is 6.54 Å². The van der Waals surface area contributed by atoms with Crippen molar-refractivity contribution in [2.24, 2.45) is 0 Å². The smallest absolute Gasteiger partial charge is 0.150 e. The molecule has 5 heteroatoms. The van der Waals surface area contributed by atoms with Crippen LogP contribution in [0.2, 0.25) is 5.15 Å². The van der Waals surface area contributed by atoms with Crippen LogP contribution in [0.25, 0.3) is 11.0 Å². The lowest BCUT2D eigenvalue weighted by Crippen LogP contribution is -2.04. The summed E-state index contributed by atoms with van der Waals surface area (Å²) in [6.45, 7) is 2.48. The van der Waals surface area contributed by atoms with E-state index in [9.17, 15) is 0 Å². The molecule has 0 saturated heterocycles. The van der Waals surface area contributed by atoms with Gasteiger partial charge in [0, 0.05) is 5.69 Å². The summed E-state index contributed by atoms with van der Waals surface area (Å²) in [4.78, 5) is 12.9. The van der Waals surface area contributed by atoms with Crippen molar-refractivity contribution in [1.29, 1.82) is 0 Å². The number of hydrogen-bond donors (Lipinski definition) is 0. The fourth-order valence-electron chi connectivity index (χ4n) is 1.95. The predicted molar refractivity (Wildman–Crippen MR) is 70.6 cm³/mol. The fourth-order valence-corrected chi connectivity index (χ4v) is 2.20. The van der Waals surface area contributed by atoms with Crippen molar-refractivity contribution in [1.82, 2.24) is 19.5 Å². The Morgan fingerprint density at radius 1 is 1.22 bits per heavy atom. The quantitative estimate of drug-likeness (QED) is 0.664. The number of aromatic nitrogens is 4. The van der Waals surface area contributed by atoms with Gasteiger partial charge in [0.1, 0.15) is 11.0 Å². The van der Waals surface area contributed by atoms with Gasteiger partial charge in [0.15, 0.2) is 0 Å². The van der Waals surface area contributed by atoms with Gasteiger partial charge in [-0.25, -0.2) is 15.0 Å². The third kappa shape index (κ3) is 2.07. The lowest BCUT2D eigenvalue weighted by atomic mass is 10.3. The number of rotatable bonds is 2. The van der Waals surface area contributed by atoms with Gasteiger partial charge < -0.3 is 4.57 Å². The second-order valence-corrected chi connectivity index (χ2v) is 4.50. The molecule has 0 atom stereocenters. The summed E-state index contributed by atoms with van der Waals surface area (Å²) in [5.41, 5.74) is 2.91. The molecule has 3 aromatic rings. The van der Waals surface area contributed by atoms with Crippen molar-refractivity contribution in [3.05, 3.63) is 53.3 Å². The summed E-state index contributed by atoms with van der Waals surface area (Å²) in [6, 6.07) is 9.72. The van der Waals surface area contributed by atoms with E-state index >= 15 is 0 Å². The van der Waals surface area contributed by atoms with Crippen molar-refractivity contribution >= 4 is 22.6 Å². The van der Waals surface area contributed by atoms with Crippen LogP contribution in [0, 0.1) is 6.92 Å². The molecule has 18 heavy (non-hydrogen) atoms. The topological polar surface area (TPSA) is 43.6 Å². The highest BCUT2D eigenvalue weighted by molar-refractivity contribution is 6.29. The Kier molecular flexibility index (Phi) is 2.72. The zero-order valence-electron chi connectivity index (χ0n) is 9.84. The molecule has 0 unspecified atom stereocenters. The summed E-state index contributed by atoms with van der Waals surface area (Å²) in [6.07, 6.45) is 1.80. The van der Waals surface area contributed by atoms with E-state index in [1.54, 1.807) is 12.4 Å². The van der Waals surface area contributed by atoms with Gasteiger partial charge in [-0.1, -0.05) is 23.7 Å². The lowest BCUT2D eigenvalue weighted by molar-refractivity contribution is 0.758. The molecule has 0 radical (unpaired) electrons. The molecule has 90 valence electrons. The summed E-state index contributed by atoms with van der Waals surface area (Å²) >= 11 is 5.93. The van der Waals surface area contributed by atoms with Crippen molar-refractivity contribution in [3.63, 3.8) is 0 Å². The zero-order chi connectivity index (χ0) is 12.5. The average molecular weight is 259 g/mol. The maximum Gasteiger partial charge on any atom is 0.150 e. The van der Waals surface area contributed by atoms with Crippen LogP contribution in [0.3, 0.4) is 0 Å². The number of aryl methyl sites for hydroxylation is 1. The molecule has 4 nitrogen and oxygen atoms in total. The predicted octanol–water partition coefficient (Wildman–Crippen LogP) is 2.84. The Bertz CT molecular complexity index is 685. The summed E-state index contributed by atoms with van der Waals surface area (Å²) < 4.78 is 2.01. The Labute approximate surface area is 109 Å². The van der Waals surface area contributed by atoms with Crippen molar-refractivity contribution in [2.45, 2.75) is 13.5 Å². The van der Waals surface area contributed by atoms with E-state index in [0.717, 1.165) is 16.7 Å². The number of fused-ring (bicyclic) bond motifs is 1. The second-order valence-electron chi connectivity index (χ2n) is 4.11. The molecule has 0 aliphatic rings. The highest BCUT2D eigenvalue weighted by Gasteiger charge is 2.05. The molecule has 0 bridgehead atoms. The van der Waals surface area contributed by atoms with Gasteiger partial charge in [0.2, 0.25) is 0 Å². The minimum atomic E-state index is 0.474. The number of para-hydroxylation sites is 2. The molecule has 0 amide bonds. The van der Waals surface area contributed by atoms with Gasteiger partial charge >= 0.3 is 0 Å². The molecule has 0 N–H and O–H groups in total. The van der Waals surface area contributed by atoms with Gasteiger partial charge in [-0.2, -0.15) is 0 Å². The van der Waals surface area contributed by atoms with E-state index in [0.29, 0.717) is 17.5 Å². The molecule has 0 saturated carbocycles. The first-order valence-corrected chi connectivity index (χ1v) is 6.00. The minimum Gasteiger partial charge on any atom is -0.323 e. The second kappa shape index (κ2) is 4.38. The largest absolute Gasteiger partial charge is 0.323 e. The first kappa shape index (κ1) is 11.2. The summed E-state index contributed by atoms with van der Waals surface area (Å²) in [7, 11) is 0. The van der Waals surface area contributed by atoms with E-state index in [1.165, 1.54) is 0 Å². The van der Waals surface area contributed by atoms with E-state index < -0.39 is 0 Å². The van der Waals surface area contributed by atoms with E-state index in [1.807, 2.05) is 35.8 Å². The van der Waals surface area contributed by atoms with Gasteiger partial charge in [0.05, 0.1) is 23.9 Å². The van der Waals surface area contributed by atoms with Gasteiger partial charge in [0.25, 0.3) is 0 Å². The monoisotopic (exact) mass is 258 g/mol. The van der Waals surface area contributed by atoms with Crippen LogP contribution in [0.5, 0.6) is 0 Å². The molecule has 3 rings (SSSR count). The number of halogens is 1. The third-order valence-electron chi connectivity index (χ3n) is 2.71. The molecule has 0 fully saturated rings. The number of benzene rings is 1. The average Bonchev–Trinajstić information content (AvgIpc) is 2.72. The van der Waals surface area contributed by atoms with Gasteiger partial charge in [-0.15, -0.1) is 0 Å². The molecule has 2 aromatic heterocycles. The molecule has 1 aromatic carbocycles. The number of hydrogen-bond acceptors (Lipinski definition) is 3. The van der Waals surface area contributed by atoms with Crippen molar-refractivity contribution in [3.8, 4) is 0 Å². The van der Waals surface area contributed by atoms with Crippen LogP contribution in [0.4, 0.5) is 0 Å². The Balaban J connectivity index is 2.01. The van der Waals surface area contributed by atoms with Gasteiger partial charge in [-0.3, -0.25) is 0 Å². The Hall–Kier alpha value is -1.94. The van der Waals surface area contributed by atoms with Crippen LogP contribution in [-0.4, -0.2) is 19.5 Å². The highest BCUT2D eigenvalue weighted by atomic mass is 35.5. The molecular formula is C13H11ClN4.